The molecule has 0 bridgehead atoms. The summed E-state index contributed by atoms with van der Waals surface area (Å²) in [6, 6.07) is 3.47. The van der Waals surface area contributed by atoms with Crippen LogP contribution in [0.25, 0.3) is 0 Å². The van der Waals surface area contributed by atoms with Crippen LogP contribution in [-0.2, 0) is 4.79 Å². The fraction of sp³-hybridized carbons (Fsp3) is 0.462. The van der Waals surface area contributed by atoms with Crippen LogP contribution in [0.4, 0.5) is 8.78 Å². The number of rotatable bonds is 6. The van der Waals surface area contributed by atoms with Gasteiger partial charge in [-0.1, -0.05) is 0 Å². The lowest BCUT2D eigenvalue weighted by molar-refractivity contribution is -0.147. The molecule has 0 aliphatic carbocycles. The molecule has 0 aliphatic rings. The summed E-state index contributed by atoms with van der Waals surface area (Å²) in [4.78, 5) is 11.3. The zero-order valence-corrected chi connectivity index (χ0v) is 11.2. The number of halogens is 2. The molecule has 0 saturated carbocycles. The summed E-state index contributed by atoms with van der Waals surface area (Å²) in [6.45, 7) is 3.33. The lowest BCUT2D eigenvalue weighted by Crippen LogP contribution is -2.23. The van der Waals surface area contributed by atoms with Gasteiger partial charge < -0.3 is 5.11 Å². The summed E-state index contributed by atoms with van der Waals surface area (Å²) in [5.74, 6) is -1.39. The number of thioether (sulfide) groups is 1. The van der Waals surface area contributed by atoms with Crippen molar-refractivity contribution in [2.24, 2.45) is 5.41 Å². The van der Waals surface area contributed by atoms with Gasteiger partial charge in [0.25, 0.3) is 0 Å². The van der Waals surface area contributed by atoms with Crippen molar-refractivity contribution in [2.45, 2.75) is 31.6 Å². The minimum absolute atomic E-state index is 0.393. The highest BCUT2D eigenvalue weighted by Crippen LogP contribution is 2.27. The van der Waals surface area contributed by atoms with Crippen LogP contribution >= 0.6 is 11.8 Å². The molecule has 1 rings (SSSR count). The van der Waals surface area contributed by atoms with Gasteiger partial charge in [-0.05, 0) is 44.6 Å². The Morgan fingerprint density at radius 3 is 2.61 bits per heavy atom. The van der Waals surface area contributed by atoms with E-state index in [2.05, 4.69) is 0 Å². The standard InChI is InChI=1S/C13H16F2O2S/c1-13(2,12(16)17)6-3-7-18-11-5-4-9(14)8-10(11)15/h4-5,8H,3,6-7H2,1-2H3,(H,16,17). The zero-order chi connectivity index (χ0) is 13.8. The fourth-order valence-corrected chi connectivity index (χ4v) is 2.27. The second-order valence-corrected chi connectivity index (χ2v) is 5.85. The highest BCUT2D eigenvalue weighted by atomic mass is 32.2. The van der Waals surface area contributed by atoms with E-state index in [-0.39, 0.29) is 0 Å². The number of carbonyl (C=O) groups is 1. The van der Waals surface area contributed by atoms with Gasteiger partial charge in [0.05, 0.1) is 5.41 Å². The van der Waals surface area contributed by atoms with E-state index in [1.807, 2.05) is 0 Å². The fourth-order valence-electron chi connectivity index (χ4n) is 1.40. The quantitative estimate of drug-likeness (QED) is 0.630. The summed E-state index contributed by atoms with van der Waals surface area (Å²) in [5, 5.41) is 8.92. The molecule has 0 saturated heterocycles. The van der Waals surface area contributed by atoms with E-state index >= 15 is 0 Å². The van der Waals surface area contributed by atoms with Crippen molar-refractivity contribution < 1.29 is 18.7 Å². The number of carboxylic acids is 1. The monoisotopic (exact) mass is 274 g/mol. The maximum absolute atomic E-state index is 13.3. The van der Waals surface area contributed by atoms with Crippen LogP contribution in [0.15, 0.2) is 23.1 Å². The first-order valence-corrected chi connectivity index (χ1v) is 6.63. The van der Waals surface area contributed by atoms with E-state index in [0.29, 0.717) is 23.5 Å². The van der Waals surface area contributed by atoms with E-state index in [9.17, 15) is 13.6 Å². The Kier molecular flexibility index (Phi) is 5.14. The molecule has 0 radical (unpaired) electrons. The molecule has 18 heavy (non-hydrogen) atoms. The topological polar surface area (TPSA) is 37.3 Å². The number of carboxylic acid groups (broad SMARTS) is 1. The third kappa shape index (κ3) is 4.29. The first-order chi connectivity index (χ1) is 8.33. The van der Waals surface area contributed by atoms with Crippen LogP contribution in [-0.4, -0.2) is 16.8 Å². The summed E-state index contributed by atoms with van der Waals surface area (Å²) in [6.07, 6.45) is 1.19. The van der Waals surface area contributed by atoms with Gasteiger partial charge in [-0.3, -0.25) is 4.79 Å². The predicted molar refractivity (Wildman–Crippen MR) is 67.7 cm³/mol. The Labute approximate surface area is 109 Å². The normalized spacial score (nSPS) is 11.6. The second kappa shape index (κ2) is 6.18. The molecule has 0 aliphatic heterocycles. The van der Waals surface area contributed by atoms with Crippen LogP contribution in [0, 0.1) is 17.0 Å². The van der Waals surface area contributed by atoms with Gasteiger partial charge in [-0.25, -0.2) is 8.78 Å². The van der Waals surface area contributed by atoms with Gasteiger partial charge in [0.15, 0.2) is 0 Å². The van der Waals surface area contributed by atoms with Crippen LogP contribution in [0.2, 0.25) is 0 Å². The van der Waals surface area contributed by atoms with Crippen molar-refractivity contribution in [3.05, 3.63) is 29.8 Å². The summed E-state index contributed by atoms with van der Waals surface area (Å²) >= 11 is 1.27. The number of hydrogen-bond donors (Lipinski definition) is 1. The molecular weight excluding hydrogens is 258 g/mol. The van der Waals surface area contributed by atoms with E-state index in [4.69, 9.17) is 5.11 Å². The van der Waals surface area contributed by atoms with Crippen LogP contribution in [0.3, 0.4) is 0 Å². The van der Waals surface area contributed by atoms with E-state index in [1.165, 1.54) is 23.9 Å². The average molecular weight is 274 g/mol. The molecule has 0 unspecified atom stereocenters. The van der Waals surface area contributed by atoms with Gasteiger partial charge >= 0.3 is 5.97 Å². The van der Waals surface area contributed by atoms with Gasteiger partial charge in [-0.15, -0.1) is 11.8 Å². The molecule has 0 fully saturated rings. The Bertz CT molecular complexity index is 433. The zero-order valence-electron chi connectivity index (χ0n) is 10.4. The largest absolute Gasteiger partial charge is 0.481 e. The molecular formula is C13H16F2O2S. The molecule has 0 heterocycles. The van der Waals surface area contributed by atoms with Crippen molar-refractivity contribution >= 4 is 17.7 Å². The van der Waals surface area contributed by atoms with Gasteiger partial charge in [0, 0.05) is 11.0 Å². The molecule has 1 aromatic rings. The highest BCUT2D eigenvalue weighted by Gasteiger charge is 2.26. The molecule has 0 spiro atoms. The molecule has 1 aromatic carbocycles. The lowest BCUT2D eigenvalue weighted by atomic mass is 9.88. The Hall–Kier alpha value is -1.10. The molecule has 0 amide bonds. The molecule has 100 valence electrons. The third-order valence-electron chi connectivity index (χ3n) is 2.68. The van der Waals surface area contributed by atoms with E-state index in [1.54, 1.807) is 13.8 Å². The van der Waals surface area contributed by atoms with Crippen molar-refractivity contribution in [3.8, 4) is 0 Å². The maximum atomic E-state index is 13.3. The lowest BCUT2D eigenvalue weighted by Gasteiger charge is -2.18. The summed E-state index contributed by atoms with van der Waals surface area (Å²) in [7, 11) is 0. The van der Waals surface area contributed by atoms with Crippen molar-refractivity contribution in [1.82, 2.24) is 0 Å². The highest BCUT2D eigenvalue weighted by molar-refractivity contribution is 7.99. The minimum atomic E-state index is -0.833. The minimum Gasteiger partial charge on any atom is -0.481 e. The molecule has 0 atom stereocenters. The van der Waals surface area contributed by atoms with Crippen molar-refractivity contribution in [2.75, 3.05) is 5.75 Å². The van der Waals surface area contributed by atoms with Crippen LogP contribution < -0.4 is 0 Å². The van der Waals surface area contributed by atoms with Crippen molar-refractivity contribution in [1.29, 1.82) is 0 Å². The Morgan fingerprint density at radius 2 is 2.06 bits per heavy atom. The van der Waals surface area contributed by atoms with E-state index in [0.717, 1.165) is 6.07 Å². The predicted octanol–water partition coefficient (Wildman–Crippen LogP) is 3.95. The van der Waals surface area contributed by atoms with Gasteiger partial charge in [-0.2, -0.15) is 0 Å². The van der Waals surface area contributed by atoms with Crippen LogP contribution in [0.1, 0.15) is 26.7 Å². The van der Waals surface area contributed by atoms with Gasteiger partial charge in [0.1, 0.15) is 11.6 Å². The van der Waals surface area contributed by atoms with E-state index < -0.39 is 23.0 Å². The maximum Gasteiger partial charge on any atom is 0.309 e. The third-order valence-corrected chi connectivity index (χ3v) is 3.81. The molecule has 0 aromatic heterocycles. The number of benzene rings is 1. The Morgan fingerprint density at radius 1 is 1.39 bits per heavy atom. The molecule has 1 N–H and O–H groups in total. The molecule has 2 nitrogen and oxygen atoms in total. The summed E-state index contributed by atoms with van der Waals surface area (Å²) in [5.41, 5.74) is -0.762. The number of aliphatic carboxylic acids is 1. The van der Waals surface area contributed by atoms with Gasteiger partial charge in [0.2, 0.25) is 0 Å². The van der Waals surface area contributed by atoms with Crippen molar-refractivity contribution in [3.63, 3.8) is 0 Å². The first-order valence-electron chi connectivity index (χ1n) is 5.64. The van der Waals surface area contributed by atoms with Crippen LogP contribution in [0.5, 0.6) is 0 Å². The number of hydrogen-bond acceptors (Lipinski definition) is 2. The smallest absolute Gasteiger partial charge is 0.309 e. The second-order valence-electron chi connectivity index (χ2n) is 4.72. The average Bonchev–Trinajstić information content (AvgIpc) is 2.26. The molecule has 5 heteroatoms. The Balaban J connectivity index is 2.41. The SMILES string of the molecule is CC(C)(CCCSc1ccc(F)cc1F)C(=O)O. The first kappa shape index (κ1) is 15.0. The summed E-state index contributed by atoms with van der Waals surface area (Å²) < 4.78 is 26.0.